The summed E-state index contributed by atoms with van der Waals surface area (Å²) in [5, 5.41) is 9.40. The predicted molar refractivity (Wildman–Crippen MR) is 65.5 cm³/mol. The Kier molecular flexibility index (Phi) is 4.36. The number of hydrogen-bond acceptors (Lipinski definition) is 4. The van der Waals surface area contributed by atoms with Crippen molar-refractivity contribution in [1.82, 2.24) is 9.80 Å². The number of hydrogen-bond donors (Lipinski definition) is 2. The molecule has 2 rings (SSSR count). The van der Waals surface area contributed by atoms with E-state index in [1.807, 2.05) is 4.90 Å². The van der Waals surface area contributed by atoms with Gasteiger partial charge in [-0.05, 0) is 32.2 Å². The minimum Gasteiger partial charge on any atom is -0.393 e. The van der Waals surface area contributed by atoms with E-state index in [9.17, 15) is 9.90 Å². The molecule has 0 spiro atoms. The summed E-state index contributed by atoms with van der Waals surface area (Å²) in [4.78, 5) is 16.1. The van der Waals surface area contributed by atoms with Gasteiger partial charge in [0.05, 0.1) is 12.6 Å². The molecule has 3 N–H and O–H groups in total. The fraction of sp³-hybridized carbons (Fsp3) is 0.917. The molecule has 0 radical (unpaired) electrons. The fourth-order valence-electron chi connectivity index (χ4n) is 2.64. The Morgan fingerprint density at radius 1 is 1.24 bits per heavy atom. The number of likely N-dealkylation sites (tertiary alicyclic amines) is 2. The number of piperidine rings is 2. The molecule has 0 bridgehead atoms. The SMILES string of the molecule is N[C@@H]1CCCN(CC(=O)N2CCC(O)CC2)C1. The molecule has 0 unspecified atom stereocenters. The Balaban J connectivity index is 1.76. The standard InChI is InChI=1S/C12H23N3O2/c13-10-2-1-5-14(8-10)9-12(17)15-6-3-11(16)4-7-15/h10-11,16H,1-9,13H2/t10-/m1/s1. The molecular weight excluding hydrogens is 218 g/mol. The third-order valence-electron chi connectivity index (χ3n) is 3.72. The number of amides is 1. The van der Waals surface area contributed by atoms with Crippen LogP contribution < -0.4 is 5.73 Å². The average molecular weight is 241 g/mol. The number of carbonyl (C=O) groups excluding carboxylic acids is 1. The molecule has 5 heteroatoms. The van der Waals surface area contributed by atoms with Gasteiger partial charge in [-0.1, -0.05) is 0 Å². The zero-order valence-corrected chi connectivity index (χ0v) is 10.3. The summed E-state index contributed by atoms with van der Waals surface area (Å²) in [6, 6.07) is 0.222. The van der Waals surface area contributed by atoms with Crippen LogP contribution in [0, 0.1) is 0 Å². The van der Waals surface area contributed by atoms with Gasteiger partial charge in [0, 0.05) is 25.7 Å². The van der Waals surface area contributed by atoms with Crippen molar-refractivity contribution in [3.8, 4) is 0 Å². The maximum atomic E-state index is 12.0. The van der Waals surface area contributed by atoms with E-state index >= 15 is 0 Å². The number of rotatable bonds is 2. The molecule has 1 amide bonds. The van der Waals surface area contributed by atoms with Gasteiger partial charge in [-0.3, -0.25) is 9.69 Å². The second-order valence-electron chi connectivity index (χ2n) is 5.25. The van der Waals surface area contributed by atoms with Crippen molar-refractivity contribution >= 4 is 5.91 Å². The summed E-state index contributed by atoms with van der Waals surface area (Å²) >= 11 is 0. The highest BCUT2D eigenvalue weighted by molar-refractivity contribution is 5.78. The molecule has 0 aromatic carbocycles. The van der Waals surface area contributed by atoms with Crippen LogP contribution in [0.2, 0.25) is 0 Å². The van der Waals surface area contributed by atoms with Crippen molar-refractivity contribution < 1.29 is 9.90 Å². The molecule has 2 fully saturated rings. The number of nitrogens with two attached hydrogens (primary N) is 1. The van der Waals surface area contributed by atoms with Gasteiger partial charge in [0.15, 0.2) is 0 Å². The van der Waals surface area contributed by atoms with E-state index in [1.165, 1.54) is 0 Å². The van der Waals surface area contributed by atoms with Crippen LogP contribution in [0.4, 0.5) is 0 Å². The van der Waals surface area contributed by atoms with E-state index in [1.54, 1.807) is 0 Å². The normalized spacial score (nSPS) is 28.4. The van der Waals surface area contributed by atoms with Crippen LogP contribution in [0.25, 0.3) is 0 Å². The van der Waals surface area contributed by atoms with Crippen LogP contribution in [0.1, 0.15) is 25.7 Å². The highest BCUT2D eigenvalue weighted by Crippen LogP contribution is 2.12. The summed E-state index contributed by atoms with van der Waals surface area (Å²) in [7, 11) is 0. The van der Waals surface area contributed by atoms with Crippen LogP contribution in [0.3, 0.4) is 0 Å². The van der Waals surface area contributed by atoms with E-state index in [4.69, 9.17) is 5.73 Å². The summed E-state index contributed by atoms with van der Waals surface area (Å²) < 4.78 is 0. The predicted octanol–water partition coefficient (Wildman–Crippen LogP) is -0.607. The molecular formula is C12H23N3O2. The van der Waals surface area contributed by atoms with E-state index in [-0.39, 0.29) is 18.1 Å². The van der Waals surface area contributed by atoms with Crippen molar-refractivity contribution in [2.24, 2.45) is 5.73 Å². The molecule has 2 aliphatic heterocycles. The van der Waals surface area contributed by atoms with Crippen molar-refractivity contribution in [2.75, 3.05) is 32.7 Å². The van der Waals surface area contributed by atoms with Gasteiger partial charge in [0.1, 0.15) is 0 Å². The van der Waals surface area contributed by atoms with Crippen LogP contribution in [0.5, 0.6) is 0 Å². The highest BCUT2D eigenvalue weighted by Gasteiger charge is 2.24. The lowest BCUT2D eigenvalue weighted by molar-refractivity contribution is -0.134. The van der Waals surface area contributed by atoms with Crippen molar-refractivity contribution in [1.29, 1.82) is 0 Å². The molecule has 0 aromatic rings. The van der Waals surface area contributed by atoms with E-state index in [0.717, 1.165) is 25.9 Å². The maximum Gasteiger partial charge on any atom is 0.236 e. The molecule has 2 aliphatic rings. The largest absolute Gasteiger partial charge is 0.393 e. The number of aliphatic hydroxyl groups is 1. The molecule has 1 atom stereocenters. The molecule has 98 valence electrons. The Morgan fingerprint density at radius 2 is 1.94 bits per heavy atom. The van der Waals surface area contributed by atoms with Gasteiger partial charge in [0.2, 0.25) is 5.91 Å². The van der Waals surface area contributed by atoms with Crippen molar-refractivity contribution in [3.63, 3.8) is 0 Å². The molecule has 5 nitrogen and oxygen atoms in total. The molecule has 2 heterocycles. The second kappa shape index (κ2) is 5.80. The number of aliphatic hydroxyl groups excluding tert-OH is 1. The third-order valence-corrected chi connectivity index (χ3v) is 3.72. The average Bonchev–Trinajstić information content (AvgIpc) is 2.29. The maximum absolute atomic E-state index is 12.0. The Morgan fingerprint density at radius 3 is 2.59 bits per heavy atom. The topological polar surface area (TPSA) is 69.8 Å². The molecule has 2 saturated heterocycles. The first kappa shape index (κ1) is 12.8. The lowest BCUT2D eigenvalue weighted by Gasteiger charge is -2.34. The van der Waals surface area contributed by atoms with Gasteiger partial charge in [-0.2, -0.15) is 0 Å². The van der Waals surface area contributed by atoms with Crippen LogP contribution in [-0.2, 0) is 4.79 Å². The van der Waals surface area contributed by atoms with E-state index in [2.05, 4.69) is 4.90 Å². The highest BCUT2D eigenvalue weighted by atomic mass is 16.3. The van der Waals surface area contributed by atoms with E-state index < -0.39 is 0 Å². The van der Waals surface area contributed by atoms with Gasteiger partial charge in [-0.15, -0.1) is 0 Å². The van der Waals surface area contributed by atoms with Crippen LogP contribution in [0.15, 0.2) is 0 Å². The molecule has 0 aromatic heterocycles. The first-order valence-electron chi connectivity index (χ1n) is 6.59. The van der Waals surface area contributed by atoms with Gasteiger partial charge in [0.25, 0.3) is 0 Å². The summed E-state index contributed by atoms with van der Waals surface area (Å²) in [5.41, 5.74) is 5.90. The number of carbonyl (C=O) groups is 1. The Hall–Kier alpha value is -0.650. The monoisotopic (exact) mass is 241 g/mol. The first-order valence-corrected chi connectivity index (χ1v) is 6.59. The summed E-state index contributed by atoms with van der Waals surface area (Å²) in [5.74, 6) is 0.186. The van der Waals surface area contributed by atoms with Crippen LogP contribution in [-0.4, -0.2) is 65.7 Å². The zero-order chi connectivity index (χ0) is 12.3. The lowest BCUT2D eigenvalue weighted by atomic mass is 10.1. The number of nitrogens with zero attached hydrogens (tertiary/aromatic N) is 2. The minimum absolute atomic E-state index is 0.186. The summed E-state index contributed by atoms with van der Waals surface area (Å²) in [6.07, 6.45) is 3.37. The molecule has 0 aliphatic carbocycles. The van der Waals surface area contributed by atoms with Crippen molar-refractivity contribution in [3.05, 3.63) is 0 Å². The minimum atomic E-state index is -0.220. The smallest absolute Gasteiger partial charge is 0.236 e. The van der Waals surface area contributed by atoms with Gasteiger partial charge < -0.3 is 15.7 Å². The fourth-order valence-corrected chi connectivity index (χ4v) is 2.64. The van der Waals surface area contributed by atoms with Crippen LogP contribution >= 0.6 is 0 Å². The molecule has 17 heavy (non-hydrogen) atoms. The Labute approximate surface area is 103 Å². The first-order chi connectivity index (χ1) is 8.15. The molecule has 0 saturated carbocycles. The third kappa shape index (κ3) is 3.66. The zero-order valence-electron chi connectivity index (χ0n) is 10.3. The quantitative estimate of drug-likeness (QED) is 0.677. The summed E-state index contributed by atoms with van der Waals surface area (Å²) in [6.45, 7) is 3.70. The van der Waals surface area contributed by atoms with Crippen molar-refractivity contribution in [2.45, 2.75) is 37.8 Å². The van der Waals surface area contributed by atoms with E-state index in [0.29, 0.717) is 32.5 Å². The lowest BCUT2D eigenvalue weighted by Crippen LogP contribution is -2.49. The Bertz CT molecular complexity index is 264. The van der Waals surface area contributed by atoms with Gasteiger partial charge in [-0.25, -0.2) is 0 Å². The second-order valence-corrected chi connectivity index (χ2v) is 5.25. The van der Waals surface area contributed by atoms with Gasteiger partial charge >= 0.3 is 0 Å².